The van der Waals surface area contributed by atoms with E-state index in [4.69, 9.17) is 4.65 Å². The van der Waals surface area contributed by atoms with E-state index >= 15 is 0 Å². The smallest absolute Gasteiger partial charge is 0.298 e. The Balaban J connectivity index is 3.56. The Hall–Kier alpha value is 0.0249. The average molecular weight is 141 g/mol. The van der Waals surface area contributed by atoms with Crippen LogP contribution in [-0.2, 0) is 4.65 Å². The van der Waals surface area contributed by atoms with Gasteiger partial charge in [-0.1, -0.05) is 20.8 Å². The molecule has 10 heavy (non-hydrogen) atoms. The fourth-order valence-corrected chi connectivity index (χ4v) is 0.354. The first-order valence-electron chi connectivity index (χ1n) is 3.73. The minimum absolute atomic E-state index is 0.0483. The first-order valence-corrected chi connectivity index (χ1v) is 3.73. The first-order chi connectivity index (χ1) is 4.21. The summed E-state index contributed by atoms with van der Waals surface area (Å²) >= 11 is 0. The molecule has 1 radical (unpaired) electrons. The molecular weight excluding hydrogens is 123 g/mol. The van der Waals surface area contributed by atoms with E-state index in [0.29, 0.717) is 0 Å². The van der Waals surface area contributed by atoms with Crippen LogP contribution in [0.15, 0.2) is 0 Å². The summed E-state index contributed by atoms with van der Waals surface area (Å²) in [6.07, 6.45) is 0. The SMILES string of the molecule is CC(C)(C)[B]OC(C)(C)C. The van der Waals surface area contributed by atoms with E-state index in [2.05, 4.69) is 41.5 Å². The predicted molar refractivity (Wildman–Crippen MR) is 46.3 cm³/mol. The third kappa shape index (κ3) is 8.02. The molecule has 0 N–H and O–H groups in total. The average Bonchev–Trinajstić information content (AvgIpc) is 1.57. The normalized spacial score (nSPS) is 13.4. The van der Waals surface area contributed by atoms with Crippen molar-refractivity contribution in [3.8, 4) is 0 Å². The van der Waals surface area contributed by atoms with Crippen molar-refractivity contribution in [2.24, 2.45) is 0 Å². The van der Waals surface area contributed by atoms with Crippen molar-refractivity contribution in [1.82, 2.24) is 0 Å². The molecule has 0 unspecified atom stereocenters. The maximum atomic E-state index is 5.47. The van der Waals surface area contributed by atoms with E-state index in [9.17, 15) is 0 Å². The molecule has 0 spiro atoms. The highest BCUT2D eigenvalue weighted by Gasteiger charge is 2.19. The lowest BCUT2D eigenvalue weighted by atomic mass is 9.68. The Morgan fingerprint density at radius 1 is 0.900 bits per heavy atom. The summed E-state index contributed by atoms with van der Waals surface area (Å²) in [5.41, 5.74) is -0.0483. The van der Waals surface area contributed by atoms with Gasteiger partial charge in [0.1, 0.15) is 0 Å². The van der Waals surface area contributed by atoms with Crippen LogP contribution in [0.25, 0.3) is 0 Å². The largest absolute Gasteiger partial charge is 0.436 e. The minimum atomic E-state index is -0.0483. The molecule has 2 heteroatoms. The Kier molecular flexibility index (Phi) is 2.96. The van der Waals surface area contributed by atoms with E-state index in [0.717, 1.165) is 0 Å². The maximum Gasteiger partial charge on any atom is 0.298 e. The molecule has 0 aromatic heterocycles. The Morgan fingerprint density at radius 3 is 1.40 bits per heavy atom. The van der Waals surface area contributed by atoms with Gasteiger partial charge >= 0.3 is 0 Å². The summed E-state index contributed by atoms with van der Waals surface area (Å²) in [6, 6.07) is 0. The molecule has 0 bridgehead atoms. The monoisotopic (exact) mass is 141 g/mol. The fourth-order valence-electron chi connectivity index (χ4n) is 0.354. The zero-order chi connectivity index (χ0) is 8.41. The second kappa shape index (κ2) is 2.95. The lowest BCUT2D eigenvalue weighted by molar-refractivity contribution is 0.132. The maximum absolute atomic E-state index is 5.47. The Morgan fingerprint density at radius 2 is 1.30 bits per heavy atom. The van der Waals surface area contributed by atoms with Crippen molar-refractivity contribution in [3.63, 3.8) is 0 Å². The van der Waals surface area contributed by atoms with Gasteiger partial charge in [0, 0.05) is 5.60 Å². The van der Waals surface area contributed by atoms with E-state index in [1.807, 2.05) is 7.48 Å². The van der Waals surface area contributed by atoms with E-state index in [1.54, 1.807) is 0 Å². The molecule has 0 atom stereocenters. The molecule has 0 heterocycles. The molecule has 0 saturated carbocycles. The molecule has 0 rings (SSSR count). The summed E-state index contributed by atoms with van der Waals surface area (Å²) in [7, 11) is 1.90. The molecule has 0 aromatic carbocycles. The van der Waals surface area contributed by atoms with Crippen LogP contribution in [0, 0.1) is 0 Å². The van der Waals surface area contributed by atoms with Gasteiger partial charge in [0.05, 0.1) is 0 Å². The zero-order valence-electron chi connectivity index (χ0n) is 7.99. The predicted octanol–water partition coefficient (Wildman–Crippen LogP) is 2.64. The summed E-state index contributed by atoms with van der Waals surface area (Å²) in [5.74, 6) is 0. The minimum Gasteiger partial charge on any atom is -0.436 e. The van der Waals surface area contributed by atoms with E-state index in [1.165, 1.54) is 0 Å². The van der Waals surface area contributed by atoms with Gasteiger partial charge in [0.25, 0.3) is 7.48 Å². The second-order valence-corrected chi connectivity index (χ2v) is 4.71. The standard InChI is InChI=1S/C8H18BO/c1-7(2,3)9-10-8(4,5)6/h1-6H3. The van der Waals surface area contributed by atoms with Gasteiger partial charge in [-0.25, -0.2) is 0 Å². The van der Waals surface area contributed by atoms with Crippen LogP contribution in [-0.4, -0.2) is 13.1 Å². The van der Waals surface area contributed by atoms with Crippen molar-refractivity contribution in [1.29, 1.82) is 0 Å². The van der Waals surface area contributed by atoms with Crippen LogP contribution < -0.4 is 0 Å². The molecule has 0 amide bonds. The molecule has 0 saturated heterocycles. The van der Waals surface area contributed by atoms with Gasteiger partial charge in [-0.05, 0) is 26.1 Å². The van der Waals surface area contributed by atoms with Crippen LogP contribution in [0.3, 0.4) is 0 Å². The van der Waals surface area contributed by atoms with Gasteiger partial charge in [0.15, 0.2) is 0 Å². The van der Waals surface area contributed by atoms with Gasteiger partial charge in [-0.15, -0.1) is 0 Å². The quantitative estimate of drug-likeness (QED) is 0.510. The van der Waals surface area contributed by atoms with Crippen LogP contribution >= 0.6 is 0 Å². The zero-order valence-corrected chi connectivity index (χ0v) is 7.99. The van der Waals surface area contributed by atoms with E-state index in [-0.39, 0.29) is 10.9 Å². The van der Waals surface area contributed by atoms with Gasteiger partial charge in [-0.3, -0.25) is 0 Å². The third-order valence-electron chi connectivity index (χ3n) is 0.766. The van der Waals surface area contributed by atoms with Gasteiger partial charge in [0.2, 0.25) is 0 Å². The van der Waals surface area contributed by atoms with Crippen molar-refractivity contribution in [2.45, 2.75) is 52.5 Å². The lowest BCUT2D eigenvalue weighted by Crippen LogP contribution is -2.26. The topological polar surface area (TPSA) is 9.23 Å². The number of rotatable bonds is 1. The lowest BCUT2D eigenvalue weighted by Gasteiger charge is -2.25. The Labute approximate surface area is 65.4 Å². The highest BCUT2D eigenvalue weighted by molar-refractivity contribution is 6.31. The van der Waals surface area contributed by atoms with Crippen molar-refractivity contribution < 1.29 is 4.65 Å². The van der Waals surface area contributed by atoms with Gasteiger partial charge in [-0.2, -0.15) is 0 Å². The highest BCUT2D eigenvalue weighted by atomic mass is 16.5. The molecular formula is C8H18BO. The molecule has 1 nitrogen and oxygen atoms in total. The van der Waals surface area contributed by atoms with Crippen molar-refractivity contribution >= 4 is 7.48 Å². The third-order valence-corrected chi connectivity index (χ3v) is 0.766. The summed E-state index contributed by atoms with van der Waals surface area (Å²) < 4.78 is 5.47. The van der Waals surface area contributed by atoms with Crippen LogP contribution in [0.2, 0.25) is 5.31 Å². The van der Waals surface area contributed by atoms with Crippen molar-refractivity contribution in [3.05, 3.63) is 0 Å². The molecule has 0 aromatic rings. The second-order valence-electron chi connectivity index (χ2n) is 4.71. The van der Waals surface area contributed by atoms with Crippen LogP contribution in [0.1, 0.15) is 41.5 Å². The number of hydrogen-bond acceptors (Lipinski definition) is 1. The van der Waals surface area contributed by atoms with E-state index < -0.39 is 0 Å². The highest BCUT2D eigenvalue weighted by Crippen LogP contribution is 2.22. The Bertz CT molecular complexity index is 82.8. The number of hydrogen-bond donors (Lipinski definition) is 0. The summed E-state index contributed by atoms with van der Waals surface area (Å²) in [4.78, 5) is 0. The molecule has 0 aliphatic carbocycles. The molecule has 0 aliphatic rings. The van der Waals surface area contributed by atoms with Crippen LogP contribution in [0.4, 0.5) is 0 Å². The molecule has 0 fully saturated rings. The fraction of sp³-hybridized carbons (Fsp3) is 1.00. The molecule has 59 valence electrons. The van der Waals surface area contributed by atoms with Crippen molar-refractivity contribution in [2.75, 3.05) is 0 Å². The molecule has 0 aliphatic heterocycles. The van der Waals surface area contributed by atoms with Crippen LogP contribution in [0.5, 0.6) is 0 Å². The summed E-state index contributed by atoms with van der Waals surface area (Å²) in [6.45, 7) is 12.5. The first kappa shape index (κ1) is 10.0. The van der Waals surface area contributed by atoms with Gasteiger partial charge < -0.3 is 4.65 Å². The summed E-state index contributed by atoms with van der Waals surface area (Å²) in [5, 5.41) is 0.160.